The van der Waals surface area contributed by atoms with Gasteiger partial charge in [0.2, 0.25) is 0 Å². The van der Waals surface area contributed by atoms with E-state index in [0.717, 1.165) is 0 Å². The Morgan fingerprint density at radius 1 is 0.842 bits per heavy atom. The van der Waals surface area contributed by atoms with Gasteiger partial charge in [-0.1, -0.05) is 36.4 Å². The van der Waals surface area contributed by atoms with Gasteiger partial charge in [0.05, 0.1) is 6.04 Å². The highest BCUT2D eigenvalue weighted by Crippen LogP contribution is 2.27. The molecule has 1 nitrogen and oxygen atoms in total. The van der Waals surface area contributed by atoms with Crippen molar-refractivity contribution in [3.05, 3.63) is 69.8 Å². The zero-order valence-electron chi connectivity index (χ0n) is 12.5. The summed E-state index contributed by atoms with van der Waals surface area (Å²) in [4.78, 5) is 0. The van der Waals surface area contributed by atoms with Crippen LogP contribution >= 0.6 is 0 Å². The molecule has 0 heterocycles. The van der Waals surface area contributed by atoms with Crippen LogP contribution in [0.15, 0.2) is 36.4 Å². The molecule has 2 aromatic carbocycles. The quantitative estimate of drug-likeness (QED) is 0.863. The lowest BCUT2D eigenvalue weighted by atomic mass is 9.91. The lowest BCUT2D eigenvalue weighted by molar-refractivity contribution is 0.686. The second-order valence-electron chi connectivity index (χ2n) is 5.35. The molecule has 100 valence electrons. The molecule has 1 heteroatoms. The van der Waals surface area contributed by atoms with Crippen LogP contribution in [0.3, 0.4) is 0 Å². The number of hydrogen-bond acceptors (Lipinski definition) is 1. The van der Waals surface area contributed by atoms with Crippen molar-refractivity contribution in [1.82, 2.24) is 5.32 Å². The minimum Gasteiger partial charge on any atom is -0.309 e. The summed E-state index contributed by atoms with van der Waals surface area (Å²) in [6.45, 7) is 8.71. The van der Waals surface area contributed by atoms with Crippen molar-refractivity contribution in [2.45, 2.75) is 33.7 Å². The summed E-state index contributed by atoms with van der Waals surface area (Å²) in [6.07, 6.45) is 0. The van der Waals surface area contributed by atoms with Crippen LogP contribution in [0, 0.1) is 27.7 Å². The maximum atomic E-state index is 3.45. The van der Waals surface area contributed by atoms with Crippen molar-refractivity contribution in [2.75, 3.05) is 7.05 Å². The van der Waals surface area contributed by atoms with Crippen molar-refractivity contribution in [2.24, 2.45) is 0 Å². The zero-order valence-corrected chi connectivity index (χ0v) is 12.5. The monoisotopic (exact) mass is 253 g/mol. The summed E-state index contributed by atoms with van der Waals surface area (Å²) in [6, 6.07) is 13.5. The van der Waals surface area contributed by atoms with Gasteiger partial charge in [-0.25, -0.2) is 0 Å². The van der Waals surface area contributed by atoms with E-state index < -0.39 is 0 Å². The van der Waals surface area contributed by atoms with Crippen LogP contribution in [0.4, 0.5) is 0 Å². The number of benzene rings is 2. The van der Waals surface area contributed by atoms with Gasteiger partial charge in [-0.05, 0) is 68.1 Å². The van der Waals surface area contributed by atoms with Crippen molar-refractivity contribution in [1.29, 1.82) is 0 Å². The minimum absolute atomic E-state index is 0.263. The highest BCUT2D eigenvalue weighted by molar-refractivity contribution is 5.42. The van der Waals surface area contributed by atoms with Gasteiger partial charge in [0, 0.05) is 0 Å². The largest absolute Gasteiger partial charge is 0.309 e. The molecular weight excluding hydrogens is 230 g/mol. The molecule has 0 saturated heterocycles. The van der Waals surface area contributed by atoms with Crippen LogP contribution < -0.4 is 5.32 Å². The van der Waals surface area contributed by atoms with Gasteiger partial charge in [0.15, 0.2) is 0 Å². The summed E-state index contributed by atoms with van der Waals surface area (Å²) in [5.41, 5.74) is 8.12. The number of aryl methyl sites for hydroxylation is 3. The minimum atomic E-state index is 0.263. The molecule has 2 rings (SSSR count). The fourth-order valence-electron chi connectivity index (χ4n) is 2.53. The molecule has 0 amide bonds. The zero-order chi connectivity index (χ0) is 14.0. The molecule has 0 bridgehead atoms. The van der Waals surface area contributed by atoms with Crippen LogP contribution in [0.1, 0.15) is 39.4 Å². The summed E-state index contributed by atoms with van der Waals surface area (Å²) in [7, 11) is 2.03. The first-order valence-electron chi connectivity index (χ1n) is 6.85. The smallest absolute Gasteiger partial charge is 0.0577 e. The van der Waals surface area contributed by atoms with Crippen LogP contribution in [-0.2, 0) is 0 Å². The molecule has 1 atom stereocenters. The third-order valence-corrected chi connectivity index (χ3v) is 4.11. The Morgan fingerprint density at radius 2 is 1.58 bits per heavy atom. The molecule has 19 heavy (non-hydrogen) atoms. The van der Waals surface area contributed by atoms with Gasteiger partial charge in [0.25, 0.3) is 0 Å². The third kappa shape index (κ3) is 2.71. The SMILES string of the molecule is CNC(c1ccc(C)c(C)c1)c1cccc(C)c1C. The molecule has 0 aliphatic carbocycles. The highest BCUT2D eigenvalue weighted by atomic mass is 14.9. The lowest BCUT2D eigenvalue weighted by Gasteiger charge is -2.21. The van der Waals surface area contributed by atoms with Crippen molar-refractivity contribution >= 4 is 0 Å². The molecule has 0 fully saturated rings. The Morgan fingerprint density at radius 3 is 2.21 bits per heavy atom. The van der Waals surface area contributed by atoms with Crippen LogP contribution in [-0.4, -0.2) is 7.05 Å². The maximum absolute atomic E-state index is 3.45. The Labute approximate surface area is 116 Å². The van der Waals surface area contributed by atoms with Crippen molar-refractivity contribution in [3.8, 4) is 0 Å². The van der Waals surface area contributed by atoms with E-state index >= 15 is 0 Å². The topological polar surface area (TPSA) is 12.0 Å². The summed E-state index contributed by atoms with van der Waals surface area (Å²) in [5, 5.41) is 3.45. The van der Waals surface area contributed by atoms with Gasteiger partial charge < -0.3 is 5.32 Å². The molecule has 0 radical (unpaired) electrons. The fourth-order valence-corrected chi connectivity index (χ4v) is 2.53. The predicted molar refractivity (Wildman–Crippen MR) is 82.7 cm³/mol. The Bertz CT molecular complexity index is 584. The first kappa shape index (κ1) is 13.8. The average molecular weight is 253 g/mol. The van der Waals surface area contributed by atoms with Crippen LogP contribution in [0.2, 0.25) is 0 Å². The Hall–Kier alpha value is -1.60. The molecule has 1 N–H and O–H groups in total. The highest BCUT2D eigenvalue weighted by Gasteiger charge is 2.15. The van der Waals surface area contributed by atoms with E-state index in [2.05, 4.69) is 69.4 Å². The van der Waals surface area contributed by atoms with E-state index in [4.69, 9.17) is 0 Å². The first-order chi connectivity index (χ1) is 9.04. The molecule has 0 aliphatic heterocycles. The molecule has 0 spiro atoms. The van der Waals surface area contributed by atoms with E-state index in [9.17, 15) is 0 Å². The molecule has 1 unspecified atom stereocenters. The summed E-state index contributed by atoms with van der Waals surface area (Å²) < 4.78 is 0. The second kappa shape index (κ2) is 5.58. The summed E-state index contributed by atoms with van der Waals surface area (Å²) >= 11 is 0. The van der Waals surface area contributed by atoms with Crippen molar-refractivity contribution < 1.29 is 0 Å². The predicted octanol–water partition coefficient (Wildman–Crippen LogP) is 4.23. The van der Waals surface area contributed by atoms with E-state index in [0.29, 0.717) is 0 Å². The van der Waals surface area contributed by atoms with E-state index in [1.165, 1.54) is 33.4 Å². The molecule has 2 aromatic rings. The van der Waals surface area contributed by atoms with Gasteiger partial charge in [0.1, 0.15) is 0 Å². The van der Waals surface area contributed by atoms with Crippen LogP contribution in [0.25, 0.3) is 0 Å². The van der Waals surface area contributed by atoms with Crippen molar-refractivity contribution in [3.63, 3.8) is 0 Å². The standard InChI is InChI=1S/C18H23N/c1-12-9-10-16(11-14(12)3)18(19-5)17-8-6-7-13(2)15(17)4/h6-11,18-19H,1-5H3. The van der Waals surface area contributed by atoms with E-state index in [-0.39, 0.29) is 6.04 Å². The summed E-state index contributed by atoms with van der Waals surface area (Å²) in [5.74, 6) is 0. The Kier molecular flexibility index (Phi) is 4.06. The van der Waals surface area contributed by atoms with Gasteiger partial charge in [-0.3, -0.25) is 0 Å². The van der Waals surface area contributed by atoms with E-state index in [1.807, 2.05) is 7.05 Å². The normalized spacial score (nSPS) is 12.5. The first-order valence-corrected chi connectivity index (χ1v) is 6.85. The van der Waals surface area contributed by atoms with E-state index in [1.54, 1.807) is 0 Å². The van der Waals surface area contributed by atoms with Gasteiger partial charge in [-0.2, -0.15) is 0 Å². The molecule has 0 aromatic heterocycles. The van der Waals surface area contributed by atoms with Crippen LogP contribution in [0.5, 0.6) is 0 Å². The maximum Gasteiger partial charge on any atom is 0.0577 e. The van der Waals surface area contributed by atoms with Gasteiger partial charge in [-0.15, -0.1) is 0 Å². The molecular formula is C18H23N. The lowest BCUT2D eigenvalue weighted by Crippen LogP contribution is -2.19. The number of rotatable bonds is 3. The number of hydrogen-bond donors (Lipinski definition) is 1. The van der Waals surface area contributed by atoms with Gasteiger partial charge >= 0.3 is 0 Å². The molecule has 0 aliphatic rings. The average Bonchev–Trinajstić information content (AvgIpc) is 2.39. The second-order valence-corrected chi connectivity index (χ2v) is 5.35. The third-order valence-electron chi connectivity index (χ3n) is 4.11. The fraction of sp³-hybridized carbons (Fsp3) is 0.333. The molecule has 0 saturated carbocycles. The number of nitrogens with one attached hydrogen (secondary N) is 1. The Balaban J connectivity index is 2.50.